The fourth-order valence-corrected chi connectivity index (χ4v) is 8.44. The second-order valence-electron chi connectivity index (χ2n) is 15.5. The van der Waals surface area contributed by atoms with E-state index < -0.39 is 17.8 Å². The number of phenols is 1. The van der Waals surface area contributed by atoms with Gasteiger partial charge in [0.05, 0.1) is 109 Å². The number of hydroxylamine groups is 2. The van der Waals surface area contributed by atoms with E-state index in [-0.39, 0.29) is 44.8 Å². The molecule has 0 radical (unpaired) electrons. The molecule has 388 valence electrons. The third-order valence-corrected chi connectivity index (χ3v) is 12.2. The van der Waals surface area contributed by atoms with Crippen LogP contribution in [0.4, 0.5) is 0 Å². The second-order valence-corrected chi connectivity index (χ2v) is 17.7. The van der Waals surface area contributed by atoms with Gasteiger partial charge in [-0.2, -0.15) is 0 Å². The Hall–Kier alpha value is -4.93. The Morgan fingerprint density at radius 1 is 0.493 bits per heavy atom. The molecule has 0 unspecified atom stereocenters. The standard InChI is InChI=1S/C52H67NO16S2/c1-58-20-22-60-24-26-62-28-30-64-32-34-67-46-36-42(44(54)38-48(46)70-40-12-6-3-7-13-40)43-37-47(68-35-33-65-31-29-63-27-25-61-23-21-59-2)49(71-41-14-8-4-9-15-41)39-45(43)66-19-11-5-10-16-52(57)69-53-50(55)17-18-51(53)56/h3-4,6-9,12-15,36-39,54H,5,10-11,16-35H2,1-2H3. The lowest BCUT2D eigenvalue weighted by atomic mass is 10.0. The maximum atomic E-state index is 12.4. The van der Waals surface area contributed by atoms with Crippen LogP contribution in [0.1, 0.15) is 38.5 Å². The Morgan fingerprint density at radius 2 is 0.915 bits per heavy atom. The summed E-state index contributed by atoms with van der Waals surface area (Å²) in [5, 5.41) is 12.5. The molecule has 1 fully saturated rings. The van der Waals surface area contributed by atoms with Crippen LogP contribution in [-0.2, 0) is 57.1 Å². The van der Waals surface area contributed by atoms with Crippen molar-refractivity contribution < 1.29 is 76.4 Å². The molecule has 0 atom stereocenters. The van der Waals surface area contributed by atoms with Crippen LogP contribution in [0.5, 0.6) is 23.0 Å². The zero-order chi connectivity index (χ0) is 50.1. The first-order valence-electron chi connectivity index (χ1n) is 23.8. The summed E-state index contributed by atoms with van der Waals surface area (Å²) >= 11 is 2.96. The lowest BCUT2D eigenvalue weighted by Crippen LogP contribution is -2.31. The monoisotopic (exact) mass is 1030 g/mol. The van der Waals surface area contributed by atoms with Crippen molar-refractivity contribution in [2.24, 2.45) is 0 Å². The Bertz CT molecular complexity index is 2140. The van der Waals surface area contributed by atoms with Gasteiger partial charge in [-0.15, -0.1) is 5.06 Å². The fraction of sp³-hybridized carbons (Fsp3) is 0.481. The van der Waals surface area contributed by atoms with E-state index in [1.165, 1.54) is 23.5 Å². The highest BCUT2D eigenvalue weighted by Gasteiger charge is 2.32. The number of rotatable bonds is 39. The maximum Gasteiger partial charge on any atom is 0.333 e. The first kappa shape index (κ1) is 57.0. The molecule has 17 nitrogen and oxygen atoms in total. The summed E-state index contributed by atoms with van der Waals surface area (Å²) in [6, 6.07) is 26.9. The SMILES string of the molecule is COCCOCCOCCOCCOc1cc(-c2cc(OCCOCCOCCOCCOC)c(Sc3ccccc3)cc2OCCCCCC(=O)ON2C(=O)CCC2=O)c(O)cc1Sc1ccccc1. The van der Waals surface area contributed by atoms with E-state index in [1.54, 1.807) is 26.4 Å². The molecule has 71 heavy (non-hydrogen) atoms. The fourth-order valence-electron chi connectivity index (χ4n) is 6.58. The number of ether oxygens (including phenoxy) is 11. The number of hydrogen-bond acceptors (Lipinski definition) is 18. The molecule has 2 amide bonds. The van der Waals surface area contributed by atoms with Gasteiger partial charge in [0.1, 0.15) is 36.2 Å². The average molecular weight is 1030 g/mol. The number of phenolic OH excluding ortho intramolecular Hbond substituents is 1. The van der Waals surface area contributed by atoms with Gasteiger partial charge in [-0.25, -0.2) is 4.79 Å². The number of amides is 2. The summed E-state index contributed by atoms with van der Waals surface area (Å²) < 4.78 is 63.2. The van der Waals surface area contributed by atoms with E-state index in [1.807, 2.05) is 72.8 Å². The van der Waals surface area contributed by atoms with Crippen molar-refractivity contribution in [3.8, 4) is 34.1 Å². The predicted molar refractivity (Wildman–Crippen MR) is 265 cm³/mol. The number of benzene rings is 4. The van der Waals surface area contributed by atoms with Crippen LogP contribution in [0.3, 0.4) is 0 Å². The van der Waals surface area contributed by atoms with E-state index in [4.69, 9.17) is 56.9 Å². The van der Waals surface area contributed by atoms with Gasteiger partial charge in [0.15, 0.2) is 0 Å². The van der Waals surface area contributed by atoms with Crippen molar-refractivity contribution in [3.63, 3.8) is 0 Å². The molecule has 5 rings (SSSR count). The minimum Gasteiger partial charge on any atom is -0.507 e. The minimum atomic E-state index is -0.647. The lowest BCUT2D eigenvalue weighted by Gasteiger charge is -2.20. The normalized spacial score (nSPS) is 12.5. The quantitative estimate of drug-likeness (QED) is 0.0334. The largest absolute Gasteiger partial charge is 0.507 e. The molecule has 1 saturated heterocycles. The summed E-state index contributed by atoms with van der Waals surface area (Å²) in [5.41, 5.74) is 1.00. The summed E-state index contributed by atoms with van der Waals surface area (Å²) in [5.74, 6) is -0.129. The van der Waals surface area contributed by atoms with Crippen molar-refractivity contribution in [3.05, 3.63) is 84.9 Å². The van der Waals surface area contributed by atoms with E-state index in [0.29, 0.717) is 150 Å². The van der Waals surface area contributed by atoms with Crippen molar-refractivity contribution >= 4 is 41.3 Å². The number of nitrogens with zero attached hydrogens (tertiary/aromatic N) is 1. The first-order valence-corrected chi connectivity index (χ1v) is 25.4. The topological polar surface area (TPSA) is 185 Å². The van der Waals surface area contributed by atoms with Gasteiger partial charge in [-0.3, -0.25) is 9.59 Å². The Morgan fingerprint density at radius 3 is 1.39 bits per heavy atom. The molecule has 0 aromatic heterocycles. The van der Waals surface area contributed by atoms with E-state index in [9.17, 15) is 19.5 Å². The molecule has 1 N–H and O–H groups in total. The van der Waals surface area contributed by atoms with Crippen LogP contribution >= 0.6 is 23.5 Å². The predicted octanol–water partition coefficient (Wildman–Crippen LogP) is 8.06. The maximum absolute atomic E-state index is 12.4. The first-order chi connectivity index (χ1) is 34.9. The molecule has 0 bridgehead atoms. The molecule has 0 spiro atoms. The molecule has 0 aliphatic carbocycles. The van der Waals surface area contributed by atoms with Crippen LogP contribution in [0.2, 0.25) is 0 Å². The average Bonchev–Trinajstić information content (AvgIpc) is 3.69. The van der Waals surface area contributed by atoms with Gasteiger partial charge in [-0.1, -0.05) is 59.9 Å². The molecule has 4 aromatic rings. The van der Waals surface area contributed by atoms with Crippen molar-refractivity contribution in [1.29, 1.82) is 0 Å². The van der Waals surface area contributed by atoms with E-state index >= 15 is 0 Å². The number of imide groups is 1. The summed E-state index contributed by atoms with van der Waals surface area (Å²) in [7, 11) is 3.26. The number of methoxy groups -OCH3 is 2. The van der Waals surface area contributed by atoms with Gasteiger partial charge < -0.3 is 62.0 Å². The van der Waals surface area contributed by atoms with Gasteiger partial charge in [-0.05, 0) is 67.8 Å². The minimum absolute atomic E-state index is 0.00412. The number of aromatic hydroxyl groups is 1. The van der Waals surface area contributed by atoms with Gasteiger partial charge >= 0.3 is 5.97 Å². The highest BCUT2D eigenvalue weighted by atomic mass is 32.2. The lowest BCUT2D eigenvalue weighted by molar-refractivity contribution is -0.197. The Kier molecular flexibility index (Phi) is 27.6. The van der Waals surface area contributed by atoms with Gasteiger partial charge in [0.2, 0.25) is 0 Å². The number of carbonyl (C=O) groups is 3. The summed E-state index contributed by atoms with van der Waals surface area (Å²) in [6.07, 6.45) is 1.71. The third kappa shape index (κ3) is 21.8. The van der Waals surface area contributed by atoms with Crippen LogP contribution in [0, 0.1) is 0 Å². The second kappa shape index (κ2) is 34.4. The Labute approximate surface area is 424 Å². The molecule has 1 heterocycles. The highest BCUT2D eigenvalue weighted by molar-refractivity contribution is 7.99. The molecule has 1 aliphatic rings. The van der Waals surface area contributed by atoms with Crippen LogP contribution in [0.15, 0.2) is 105 Å². The number of unbranched alkanes of at least 4 members (excludes halogenated alkanes) is 2. The van der Waals surface area contributed by atoms with Crippen LogP contribution in [-0.4, -0.2) is 154 Å². The Balaban J connectivity index is 1.33. The molecule has 4 aromatic carbocycles. The van der Waals surface area contributed by atoms with Crippen LogP contribution in [0.25, 0.3) is 11.1 Å². The number of carbonyl (C=O) groups excluding carboxylic acids is 3. The molecule has 19 heteroatoms. The van der Waals surface area contributed by atoms with Gasteiger partial charge in [0, 0.05) is 54.4 Å². The molecular weight excluding hydrogens is 959 g/mol. The van der Waals surface area contributed by atoms with Crippen molar-refractivity contribution in [1.82, 2.24) is 5.06 Å². The third-order valence-electron chi connectivity index (χ3n) is 10.1. The highest BCUT2D eigenvalue weighted by Crippen LogP contribution is 2.48. The zero-order valence-corrected chi connectivity index (χ0v) is 42.3. The van der Waals surface area contributed by atoms with E-state index in [0.717, 1.165) is 14.7 Å². The number of hydrogen-bond donors (Lipinski definition) is 1. The smallest absolute Gasteiger partial charge is 0.333 e. The molecular formula is C52H67NO16S2. The molecule has 0 saturated carbocycles. The van der Waals surface area contributed by atoms with Gasteiger partial charge in [0.25, 0.3) is 11.8 Å². The summed E-state index contributed by atoms with van der Waals surface area (Å²) in [4.78, 5) is 44.7. The zero-order valence-electron chi connectivity index (χ0n) is 40.7. The molecule has 1 aliphatic heterocycles. The van der Waals surface area contributed by atoms with Crippen molar-refractivity contribution in [2.45, 2.75) is 58.1 Å². The van der Waals surface area contributed by atoms with Crippen molar-refractivity contribution in [2.75, 3.05) is 127 Å². The van der Waals surface area contributed by atoms with E-state index in [2.05, 4.69) is 0 Å². The summed E-state index contributed by atoms with van der Waals surface area (Å²) in [6.45, 7) is 6.77. The van der Waals surface area contributed by atoms with Crippen LogP contribution < -0.4 is 14.2 Å².